The van der Waals surface area contributed by atoms with Gasteiger partial charge in [0.15, 0.2) is 0 Å². The lowest BCUT2D eigenvalue weighted by Gasteiger charge is -2.30. The summed E-state index contributed by atoms with van der Waals surface area (Å²) in [6.07, 6.45) is 1.47. The van der Waals surface area contributed by atoms with E-state index >= 15 is 0 Å². The van der Waals surface area contributed by atoms with E-state index in [-0.39, 0.29) is 24.3 Å². The van der Waals surface area contributed by atoms with Gasteiger partial charge >= 0.3 is 0 Å². The van der Waals surface area contributed by atoms with E-state index in [0.717, 1.165) is 29.7 Å². The molecule has 2 aromatic carbocycles. The minimum absolute atomic E-state index is 0.0377. The molecule has 29 heavy (non-hydrogen) atoms. The van der Waals surface area contributed by atoms with Crippen molar-refractivity contribution in [2.75, 3.05) is 30.3 Å². The van der Waals surface area contributed by atoms with E-state index in [1.165, 1.54) is 0 Å². The molecule has 1 aliphatic rings. The van der Waals surface area contributed by atoms with Gasteiger partial charge < -0.3 is 10.6 Å². The van der Waals surface area contributed by atoms with Gasteiger partial charge in [-0.3, -0.25) is 14.5 Å². The van der Waals surface area contributed by atoms with Crippen molar-refractivity contribution in [1.82, 2.24) is 4.90 Å². The van der Waals surface area contributed by atoms with Crippen LogP contribution in [-0.4, -0.2) is 36.3 Å². The van der Waals surface area contributed by atoms with E-state index in [1.54, 1.807) is 18.2 Å². The lowest BCUT2D eigenvalue weighted by atomic mass is 9.95. The second kappa shape index (κ2) is 9.61. The number of piperidine rings is 1. The summed E-state index contributed by atoms with van der Waals surface area (Å²) < 4.78 is 0. The molecule has 0 saturated carbocycles. The number of likely N-dealkylation sites (tertiary alicyclic amines) is 1. The molecule has 0 aromatic heterocycles. The summed E-state index contributed by atoms with van der Waals surface area (Å²) in [6, 6.07) is 10.9. The number of benzene rings is 2. The van der Waals surface area contributed by atoms with Gasteiger partial charge in [-0.05, 0) is 75.2 Å². The maximum absolute atomic E-state index is 12.6. The molecule has 0 radical (unpaired) electrons. The third-order valence-electron chi connectivity index (χ3n) is 5.39. The fourth-order valence-corrected chi connectivity index (χ4v) is 3.75. The Kier molecular flexibility index (Phi) is 7.17. The van der Waals surface area contributed by atoms with Gasteiger partial charge in [-0.1, -0.05) is 35.3 Å². The van der Waals surface area contributed by atoms with Gasteiger partial charge in [0, 0.05) is 17.3 Å². The lowest BCUT2D eigenvalue weighted by molar-refractivity contribution is -0.121. The zero-order valence-corrected chi connectivity index (χ0v) is 18.1. The quantitative estimate of drug-likeness (QED) is 0.704. The van der Waals surface area contributed by atoms with Crippen LogP contribution in [0.25, 0.3) is 0 Å². The Labute approximate surface area is 181 Å². The van der Waals surface area contributed by atoms with E-state index in [9.17, 15) is 9.59 Å². The smallest absolute Gasteiger partial charge is 0.238 e. The first-order chi connectivity index (χ1) is 13.8. The van der Waals surface area contributed by atoms with Crippen molar-refractivity contribution < 1.29 is 9.59 Å². The van der Waals surface area contributed by atoms with Crippen molar-refractivity contribution >= 4 is 46.4 Å². The molecule has 1 fully saturated rings. The molecule has 7 heteroatoms. The molecule has 1 heterocycles. The van der Waals surface area contributed by atoms with Gasteiger partial charge in [-0.25, -0.2) is 0 Å². The standard InChI is InChI=1S/C22H25Cl2N3O2/c1-14-4-3-5-20(15(14)2)26-22(29)16-8-10-27(11-9-16)13-21(28)25-17-6-7-18(23)19(24)12-17/h3-7,12,16H,8-11,13H2,1-2H3,(H,25,28)(H,26,29). The highest BCUT2D eigenvalue weighted by Gasteiger charge is 2.26. The van der Waals surface area contributed by atoms with Crippen molar-refractivity contribution in [3.8, 4) is 0 Å². The van der Waals surface area contributed by atoms with Gasteiger partial charge in [0.1, 0.15) is 0 Å². The van der Waals surface area contributed by atoms with E-state index in [2.05, 4.69) is 15.5 Å². The summed E-state index contributed by atoms with van der Waals surface area (Å²) in [7, 11) is 0. The van der Waals surface area contributed by atoms with Crippen LogP contribution in [0.2, 0.25) is 10.0 Å². The van der Waals surface area contributed by atoms with Crippen LogP contribution < -0.4 is 10.6 Å². The number of hydrogen-bond acceptors (Lipinski definition) is 3. The molecule has 0 bridgehead atoms. The molecule has 1 saturated heterocycles. The highest BCUT2D eigenvalue weighted by Crippen LogP contribution is 2.25. The highest BCUT2D eigenvalue weighted by atomic mass is 35.5. The molecular weight excluding hydrogens is 409 g/mol. The zero-order valence-electron chi connectivity index (χ0n) is 16.6. The summed E-state index contributed by atoms with van der Waals surface area (Å²) >= 11 is 11.9. The van der Waals surface area contributed by atoms with Crippen LogP contribution in [-0.2, 0) is 9.59 Å². The first-order valence-corrected chi connectivity index (χ1v) is 10.4. The molecule has 1 aliphatic heterocycles. The number of carbonyl (C=O) groups is 2. The molecule has 3 rings (SSSR count). The minimum atomic E-state index is -0.110. The third-order valence-corrected chi connectivity index (χ3v) is 6.13. The summed E-state index contributed by atoms with van der Waals surface area (Å²) in [5, 5.41) is 6.74. The average molecular weight is 434 g/mol. The molecule has 2 N–H and O–H groups in total. The van der Waals surface area contributed by atoms with Crippen LogP contribution >= 0.6 is 23.2 Å². The van der Waals surface area contributed by atoms with Gasteiger partial charge in [-0.15, -0.1) is 0 Å². The second-order valence-corrected chi connectivity index (χ2v) is 8.28. The second-order valence-electron chi connectivity index (χ2n) is 7.46. The molecule has 154 valence electrons. The number of rotatable bonds is 5. The Morgan fingerprint density at radius 1 is 1.03 bits per heavy atom. The number of amides is 2. The van der Waals surface area contributed by atoms with E-state index in [1.807, 2.05) is 32.0 Å². The maximum atomic E-state index is 12.6. The normalized spacial score (nSPS) is 15.2. The summed E-state index contributed by atoms with van der Waals surface area (Å²) in [6.45, 7) is 5.75. The van der Waals surface area contributed by atoms with Gasteiger partial charge in [0.25, 0.3) is 0 Å². The number of anilines is 2. The van der Waals surface area contributed by atoms with Crippen molar-refractivity contribution in [3.05, 3.63) is 57.6 Å². The van der Waals surface area contributed by atoms with Crippen LogP contribution in [0.5, 0.6) is 0 Å². The first kappa shape index (κ1) is 21.6. The van der Waals surface area contributed by atoms with Crippen LogP contribution in [0, 0.1) is 19.8 Å². The number of halogens is 2. The van der Waals surface area contributed by atoms with Gasteiger partial charge in [0.05, 0.1) is 16.6 Å². The maximum Gasteiger partial charge on any atom is 0.238 e. The minimum Gasteiger partial charge on any atom is -0.326 e. The predicted molar refractivity (Wildman–Crippen MR) is 119 cm³/mol. The monoisotopic (exact) mass is 433 g/mol. The first-order valence-electron chi connectivity index (χ1n) is 9.68. The van der Waals surface area contributed by atoms with Crippen molar-refractivity contribution in [3.63, 3.8) is 0 Å². The van der Waals surface area contributed by atoms with E-state index in [0.29, 0.717) is 28.8 Å². The Balaban J connectivity index is 1.47. The van der Waals surface area contributed by atoms with Crippen LogP contribution in [0.15, 0.2) is 36.4 Å². The fraction of sp³-hybridized carbons (Fsp3) is 0.364. The SMILES string of the molecule is Cc1cccc(NC(=O)C2CCN(CC(=O)Nc3ccc(Cl)c(Cl)c3)CC2)c1C. The Hall–Kier alpha value is -2.08. The van der Waals surface area contributed by atoms with Crippen molar-refractivity contribution in [2.45, 2.75) is 26.7 Å². The number of nitrogens with zero attached hydrogens (tertiary/aromatic N) is 1. The molecule has 0 unspecified atom stereocenters. The largest absolute Gasteiger partial charge is 0.326 e. The molecule has 2 aromatic rings. The number of hydrogen-bond donors (Lipinski definition) is 2. The van der Waals surface area contributed by atoms with Gasteiger partial charge in [-0.2, -0.15) is 0 Å². The van der Waals surface area contributed by atoms with Crippen molar-refractivity contribution in [1.29, 1.82) is 0 Å². The van der Waals surface area contributed by atoms with Crippen LogP contribution in [0.3, 0.4) is 0 Å². The third kappa shape index (κ3) is 5.72. The summed E-state index contributed by atoms with van der Waals surface area (Å²) in [4.78, 5) is 27.0. The number of nitrogens with one attached hydrogen (secondary N) is 2. The van der Waals surface area contributed by atoms with E-state index < -0.39 is 0 Å². The summed E-state index contributed by atoms with van der Waals surface area (Å²) in [5.41, 5.74) is 3.74. The topological polar surface area (TPSA) is 61.4 Å². The molecule has 0 atom stereocenters. The predicted octanol–water partition coefficient (Wildman–Crippen LogP) is 4.90. The van der Waals surface area contributed by atoms with Gasteiger partial charge in [0.2, 0.25) is 11.8 Å². The Bertz CT molecular complexity index is 909. The van der Waals surface area contributed by atoms with Crippen molar-refractivity contribution in [2.24, 2.45) is 5.92 Å². The van der Waals surface area contributed by atoms with Crippen LogP contribution in [0.4, 0.5) is 11.4 Å². The molecule has 0 aliphatic carbocycles. The molecule has 5 nitrogen and oxygen atoms in total. The summed E-state index contributed by atoms with van der Waals surface area (Å²) in [5.74, 6) is -0.0930. The molecule has 2 amide bonds. The Morgan fingerprint density at radius 2 is 1.76 bits per heavy atom. The number of aryl methyl sites for hydroxylation is 1. The Morgan fingerprint density at radius 3 is 2.45 bits per heavy atom. The highest BCUT2D eigenvalue weighted by molar-refractivity contribution is 6.42. The molecule has 0 spiro atoms. The van der Waals surface area contributed by atoms with Crippen LogP contribution in [0.1, 0.15) is 24.0 Å². The lowest BCUT2D eigenvalue weighted by Crippen LogP contribution is -2.41. The average Bonchev–Trinajstić information content (AvgIpc) is 2.69. The number of carbonyl (C=O) groups excluding carboxylic acids is 2. The zero-order chi connectivity index (χ0) is 21.0. The van der Waals surface area contributed by atoms with E-state index in [4.69, 9.17) is 23.2 Å². The fourth-order valence-electron chi connectivity index (χ4n) is 3.45. The molecular formula is C22H25Cl2N3O2.